The number of hydrogen-bond donors (Lipinski definition) is 2. The molecule has 1 rings (SSSR count). The predicted molar refractivity (Wildman–Crippen MR) is 64.4 cm³/mol. The van der Waals surface area contributed by atoms with Gasteiger partial charge in [0.1, 0.15) is 0 Å². The molecule has 0 fully saturated rings. The first-order valence-corrected chi connectivity index (χ1v) is 5.83. The molecular formula is C9H12N4O3S. The standard InChI is InChI=1S/C9H12N4O3S/c1-2-3-17-9-7(13(15)16)4-6(5-11-9)8(10)12-14/h4-5,14H,2-3H2,1H3,(H2,10,12). The summed E-state index contributed by atoms with van der Waals surface area (Å²) in [6.07, 6.45) is 2.24. The fourth-order valence-electron chi connectivity index (χ4n) is 1.08. The number of amidine groups is 1. The van der Waals surface area contributed by atoms with Crippen LogP contribution in [0.2, 0.25) is 0 Å². The van der Waals surface area contributed by atoms with Gasteiger partial charge in [-0.1, -0.05) is 23.8 Å². The molecule has 17 heavy (non-hydrogen) atoms. The number of hydrogen-bond acceptors (Lipinski definition) is 6. The van der Waals surface area contributed by atoms with Gasteiger partial charge in [0.15, 0.2) is 10.9 Å². The van der Waals surface area contributed by atoms with E-state index in [2.05, 4.69) is 10.1 Å². The van der Waals surface area contributed by atoms with Gasteiger partial charge in [-0.25, -0.2) is 4.98 Å². The Bertz CT molecular complexity index is 450. The third kappa shape index (κ3) is 3.31. The summed E-state index contributed by atoms with van der Waals surface area (Å²) in [5.74, 6) is 0.546. The van der Waals surface area contributed by atoms with Crippen LogP contribution in [0.5, 0.6) is 0 Å². The Morgan fingerprint density at radius 3 is 3.00 bits per heavy atom. The maximum Gasteiger partial charge on any atom is 0.302 e. The molecule has 3 N–H and O–H groups in total. The lowest BCUT2D eigenvalue weighted by atomic mass is 10.2. The molecule has 0 aliphatic rings. The third-order valence-electron chi connectivity index (χ3n) is 1.88. The maximum absolute atomic E-state index is 10.9. The van der Waals surface area contributed by atoms with E-state index in [4.69, 9.17) is 10.9 Å². The Hall–Kier alpha value is -1.83. The van der Waals surface area contributed by atoms with E-state index in [-0.39, 0.29) is 17.1 Å². The number of nitrogens with two attached hydrogens (primary N) is 1. The summed E-state index contributed by atoms with van der Waals surface area (Å²) >= 11 is 1.31. The average Bonchev–Trinajstić information content (AvgIpc) is 2.35. The molecule has 0 saturated carbocycles. The molecule has 92 valence electrons. The van der Waals surface area contributed by atoms with Crippen LogP contribution >= 0.6 is 11.8 Å². The van der Waals surface area contributed by atoms with E-state index in [1.807, 2.05) is 6.92 Å². The minimum Gasteiger partial charge on any atom is -0.409 e. The Labute approximate surface area is 102 Å². The summed E-state index contributed by atoms with van der Waals surface area (Å²) in [7, 11) is 0. The normalized spacial score (nSPS) is 11.5. The maximum atomic E-state index is 10.9. The quantitative estimate of drug-likeness (QED) is 0.206. The van der Waals surface area contributed by atoms with E-state index in [0.29, 0.717) is 5.03 Å². The second-order valence-electron chi connectivity index (χ2n) is 3.14. The largest absolute Gasteiger partial charge is 0.409 e. The molecule has 0 spiro atoms. The molecule has 1 aromatic heterocycles. The second-order valence-corrected chi connectivity index (χ2v) is 4.22. The summed E-state index contributed by atoms with van der Waals surface area (Å²) in [6.45, 7) is 1.98. The van der Waals surface area contributed by atoms with Gasteiger partial charge in [0.2, 0.25) is 0 Å². The van der Waals surface area contributed by atoms with Crippen LogP contribution in [0.25, 0.3) is 0 Å². The van der Waals surface area contributed by atoms with Crippen molar-refractivity contribution in [2.45, 2.75) is 18.4 Å². The van der Waals surface area contributed by atoms with Gasteiger partial charge in [0.05, 0.1) is 4.92 Å². The van der Waals surface area contributed by atoms with E-state index in [1.165, 1.54) is 24.0 Å². The van der Waals surface area contributed by atoms with Gasteiger partial charge < -0.3 is 10.9 Å². The summed E-state index contributed by atoms with van der Waals surface area (Å²) in [5.41, 5.74) is 5.43. The molecule has 0 atom stereocenters. The predicted octanol–water partition coefficient (Wildman–Crippen LogP) is 1.59. The molecule has 0 saturated heterocycles. The number of pyridine rings is 1. The van der Waals surface area contributed by atoms with Crippen LogP contribution in [-0.2, 0) is 0 Å². The lowest BCUT2D eigenvalue weighted by Crippen LogP contribution is -2.14. The zero-order valence-corrected chi connectivity index (χ0v) is 9.98. The number of rotatable bonds is 5. The molecule has 1 aromatic rings. The molecular weight excluding hydrogens is 244 g/mol. The highest BCUT2D eigenvalue weighted by Gasteiger charge is 2.17. The van der Waals surface area contributed by atoms with Crippen LogP contribution in [0.15, 0.2) is 22.4 Å². The van der Waals surface area contributed by atoms with Crippen molar-refractivity contribution in [2.75, 3.05) is 5.75 Å². The van der Waals surface area contributed by atoms with Gasteiger partial charge in [0, 0.05) is 17.8 Å². The van der Waals surface area contributed by atoms with Crippen molar-refractivity contribution >= 4 is 23.3 Å². The van der Waals surface area contributed by atoms with Crippen molar-refractivity contribution in [1.82, 2.24) is 4.98 Å². The van der Waals surface area contributed by atoms with Crippen molar-refractivity contribution in [3.63, 3.8) is 0 Å². The number of nitro groups is 1. The summed E-state index contributed by atoms with van der Waals surface area (Å²) in [4.78, 5) is 14.3. The van der Waals surface area contributed by atoms with E-state index in [0.717, 1.165) is 12.2 Å². The van der Waals surface area contributed by atoms with Crippen molar-refractivity contribution in [3.8, 4) is 0 Å². The first-order valence-electron chi connectivity index (χ1n) is 4.85. The molecule has 0 aromatic carbocycles. The molecule has 7 nitrogen and oxygen atoms in total. The number of aromatic nitrogens is 1. The average molecular weight is 256 g/mol. The van der Waals surface area contributed by atoms with Gasteiger partial charge in [-0.3, -0.25) is 10.1 Å². The van der Waals surface area contributed by atoms with Crippen molar-refractivity contribution < 1.29 is 10.1 Å². The Kier molecular flexibility index (Phi) is 4.70. The van der Waals surface area contributed by atoms with E-state index >= 15 is 0 Å². The Morgan fingerprint density at radius 1 is 1.76 bits per heavy atom. The SMILES string of the molecule is CCCSc1ncc(C(N)=NO)cc1[N+](=O)[O-]. The van der Waals surface area contributed by atoms with Crippen LogP contribution < -0.4 is 5.73 Å². The highest BCUT2D eigenvalue weighted by molar-refractivity contribution is 7.99. The van der Waals surface area contributed by atoms with Gasteiger partial charge in [-0.2, -0.15) is 0 Å². The molecule has 0 bridgehead atoms. The van der Waals surface area contributed by atoms with Crippen molar-refractivity contribution in [2.24, 2.45) is 10.9 Å². The van der Waals surface area contributed by atoms with Crippen LogP contribution in [0.3, 0.4) is 0 Å². The smallest absolute Gasteiger partial charge is 0.302 e. The molecule has 0 amide bonds. The summed E-state index contributed by atoms with van der Waals surface area (Å²) < 4.78 is 0. The molecule has 0 unspecified atom stereocenters. The first kappa shape index (κ1) is 13.2. The zero-order valence-electron chi connectivity index (χ0n) is 9.16. The van der Waals surface area contributed by atoms with Gasteiger partial charge >= 0.3 is 5.69 Å². The molecule has 0 aliphatic heterocycles. The fourth-order valence-corrected chi connectivity index (χ4v) is 1.89. The van der Waals surface area contributed by atoms with Crippen molar-refractivity contribution in [1.29, 1.82) is 0 Å². The number of thioether (sulfide) groups is 1. The number of nitrogens with zero attached hydrogens (tertiary/aromatic N) is 3. The minimum atomic E-state index is -0.529. The molecule has 0 radical (unpaired) electrons. The monoisotopic (exact) mass is 256 g/mol. The molecule has 1 heterocycles. The Morgan fingerprint density at radius 2 is 2.47 bits per heavy atom. The molecule has 0 aliphatic carbocycles. The lowest BCUT2D eigenvalue weighted by Gasteiger charge is -2.03. The van der Waals surface area contributed by atoms with Gasteiger partial charge in [-0.05, 0) is 12.2 Å². The first-order chi connectivity index (χ1) is 8.10. The third-order valence-corrected chi connectivity index (χ3v) is 3.08. The van der Waals surface area contributed by atoms with Crippen LogP contribution in [0.4, 0.5) is 5.69 Å². The summed E-state index contributed by atoms with van der Waals surface area (Å²) in [5, 5.41) is 22.5. The fraction of sp³-hybridized carbons (Fsp3) is 0.333. The highest BCUT2D eigenvalue weighted by Crippen LogP contribution is 2.27. The van der Waals surface area contributed by atoms with Gasteiger partial charge in [0.25, 0.3) is 0 Å². The Balaban J connectivity index is 3.13. The number of oxime groups is 1. The van der Waals surface area contributed by atoms with E-state index < -0.39 is 4.92 Å². The van der Waals surface area contributed by atoms with Gasteiger partial charge in [-0.15, -0.1) is 0 Å². The highest BCUT2D eigenvalue weighted by atomic mass is 32.2. The minimum absolute atomic E-state index is 0.132. The van der Waals surface area contributed by atoms with Crippen LogP contribution in [-0.4, -0.2) is 26.7 Å². The van der Waals surface area contributed by atoms with Crippen LogP contribution in [0, 0.1) is 10.1 Å². The van der Waals surface area contributed by atoms with E-state index in [9.17, 15) is 10.1 Å². The lowest BCUT2D eigenvalue weighted by molar-refractivity contribution is -0.388. The van der Waals surface area contributed by atoms with Crippen molar-refractivity contribution in [3.05, 3.63) is 27.9 Å². The zero-order chi connectivity index (χ0) is 12.8. The molecule has 8 heteroatoms. The topological polar surface area (TPSA) is 115 Å². The van der Waals surface area contributed by atoms with E-state index in [1.54, 1.807) is 0 Å². The summed E-state index contributed by atoms with van der Waals surface area (Å²) in [6, 6.07) is 1.25. The van der Waals surface area contributed by atoms with Crippen LogP contribution in [0.1, 0.15) is 18.9 Å². The second kappa shape index (κ2) is 6.04.